The molecule has 2 N–H and O–H groups in total. The van der Waals surface area contributed by atoms with E-state index >= 15 is 0 Å². The van der Waals surface area contributed by atoms with Gasteiger partial charge in [-0.15, -0.1) is 0 Å². The number of methoxy groups -OCH3 is 1. The molecule has 0 aliphatic rings. The number of ether oxygens (including phenoxy) is 2. The first-order chi connectivity index (χ1) is 13.9. The number of anilines is 1. The monoisotopic (exact) mass is 437 g/mol. The Labute approximate surface area is 176 Å². The van der Waals surface area contributed by atoms with E-state index in [1.165, 1.54) is 13.3 Å². The summed E-state index contributed by atoms with van der Waals surface area (Å²) < 4.78 is 9.69. The van der Waals surface area contributed by atoms with Crippen LogP contribution >= 0.6 is 23.2 Å². The molecule has 2 amide bonds. The van der Waals surface area contributed by atoms with Crippen LogP contribution in [-0.4, -0.2) is 37.7 Å². The van der Waals surface area contributed by atoms with Crippen LogP contribution in [0, 0.1) is 0 Å². The highest BCUT2D eigenvalue weighted by Crippen LogP contribution is 2.29. The standard InChI is InChI=1S/C19H17Cl2N3O5/c1-28-18(27)11-29-13-7-5-12(6-8-13)10-22-24-17(26)9-16(25)23-15-4-2-3-14(20)19(15)21/h2-8,10H,9,11H2,1H3,(H,23,25)(H,24,26). The number of carbonyl (C=O) groups is 3. The molecule has 0 saturated heterocycles. The van der Waals surface area contributed by atoms with Gasteiger partial charge in [0.25, 0.3) is 0 Å². The minimum Gasteiger partial charge on any atom is -0.482 e. The van der Waals surface area contributed by atoms with Crippen LogP contribution in [0.3, 0.4) is 0 Å². The van der Waals surface area contributed by atoms with E-state index in [1.807, 2.05) is 0 Å². The van der Waals surface area contributed by atoms with Gasteiger partial charge in [-0.3, -0.25) is 9.59 Å². The van der Waals surface area contributed by atoms with E-state index in [0.29, 0.717) is 22.0 Å². The highest BCUT2D eigenvalue weighted by atomic mass is 35.5. The molecule has 0 atom stereocenters. The van der Waals surface area contributed by atoms with Crippen LogP contribution in [0.15, 0.2) is 47.6 Å². The Balaban J connectivity index is 1.79. The van der Waals surface area contributed by atoms with E-state index in [9.17, 15) is 14.4 Å². The Morgan fingerprint density at radius 1 is 1.07 bits per heavy atom. The van der Waals surface area contributed by atoms with Crippen molar-refractivity contribution in [2.45, 2.75) is 6.42 Å². The molecule has 0 radical (unpaired) electrons. The summed E-state index contributed by atoms with van der Waals surface area (Å²) in [4.78, 5) is 34.7. The zero-order chi connectivity index (χ0) is 21.2. The molecule has 0 fully saturated rings. The van der Waals surface area contributed by atoms with Crippen LogP contribution in [-0.2, 0) is 19.1 Å². The second kappa shape index (κ2) is 11.0. The Morgan fingerprint density at radius 3 is 2.48 bits per heavy atom. The Morgan fingerprint density at radius 2 is 1.79 bits per heavy atom. The maximum Gasteiger partial charge on any atom is 0.343 e. The number of hydrazone groups is 1. The number of halogens is 2. The number of amides is 2. The molecular formula is C19H17Cl2N3O5. The number of nitrogens with zero attached hydrogens (tertiary/aromatic N) is 1. The third-order valence-electron chi connectivity index (χ3n) is 3.41. The highest BCUT2D eigenvalue weighted by molar-refractivity contribution is 6.44. The molecule has 152 valence electrons. The van der Waals surface area contributed by atoms with Crippen molar-refractivity contribution in [3.63, 3.8) is 0 Å². The molecular weight excluding hydrogens is 421 g/mol. The van der Waals surface area contributed by atoms with Crippen molar-refractivity contribution >= 4 is 52.9 Å². The maximum absolute atomic E-state index is 11.9. The number of nitrogens with one attached hydrogen (secondary N) is 2. The fourth-order valence-electron chi connectivity index (χ4n) is 2.01. The smallest absolute Gasteiger partial charge is 0.343 e. The Hall–Kier alpha value is -3.10. The molecule has 0 saturated carbocycles. The van der Waals surface area contributed by atoms with Gasteiger partial charge in [-0.2, -0.15) is 5.10 Å². The van der Waals surface area contributed by atoms with E-state index in [4.69, 9.17) is 27.9 Å². The van der Waals surface area contributed by atoms with Gasteiger partial charge in [-0.25, -0.2) is 10.2 Å². The van der Waals surface area contributed by atoms with Gasteiger partial charge in [-0.1, -0.05) is 29.3 Å². The molecule has 2 aromatic carbocycles. The molecule has 2 aromatic rings. The molecule has 10 heteroatoms. The van der Waals surface area contributed by atoms with E-state index in [2.05, 4.69) is 20.6 Å². The van der Waals surface area contributed by atoms with Crippen LogP contribution in [0.4, 0.5) is 5.69 Å². The summed E-state index contributed by atoms with van der Waals surface area (Å²) in [5.41, 5.74) is 3.24. The summed E-state index contributed by atoms with van der Waals surface area (Å²) in [5.74, 6) is -1.17. The second-order valence-electron chi connectivity index (χ2n) is 5.55. The SMILES string of the molecule is COC(=O)COc1ccc(C=NNC(=O)CC(=O)Nc2cccc(Cl)c2Cl)cc1. The van der Waals surface area contributed by atoms with Gasteiger partial charge in [0.2, 0.25) is 11.8 Å². The maximum atomic E-state index is 11.9. The van der Waals surface area contributed by atoms with Crippen LogP contribution in [0.25, 0.3) is 0 Å². The van der Waals surface area contributed by atoms with Crippen molar-refractivity contribution < 1.29 is 23.9 Å². The lowest BCUT2D eigenvalue weighted by Gasteiger charge is -2.07. The molecule has 0 spiro atoms. The van der Waals surface area contributed by atoms with Crippen LogP contribution in [0.2, 0.25) is 10.0 Å². The van der Waals surface area contributed by atoms with E-state index < -0.39 is 24.2 Å². The van der Waals surface area contributed by atoms with Crippen molar-refractivity contribution in [2.24, 2.45) is 5.10 Å². The fourth-order valence-corrected chi connectivity index (χ4v) is 2.36. The zero-order valence-electron chi connectivity index (χ0n) is 15.3. The van der Waals surface area contributed by atoms with Crippen molar-refractivity contribution in [3.05, 3.63) is 58.1 Å². The lowest BCUT2D eigenvalue weighted by Crippen LogP contribution is -2.24. The first kappa shape index (κ1) is 22.2. The molecule has 0 aliphatic heterocycles. The minimum atomic E-state index is -0.602. The number of hydrogen-bond donors (Lipinski definition) is 2. The highest BCUT2D eigenvalue weighted by Gasteiger charge is 2.12. The van der Waals surface area contributed by atoms with Gasteiger partial charge < -0.3 is 14.8 Å². The number of carbonyl (C=O) groups excluding carboxylic acids is 3. The van der Waals surface area contributed by atoms with Gasteiger partial charge in [0.15, 0.2) is 6.61 Å². The van der Waals surface area contributed by atoms with Gasteiger partial charge in [0, 0.05) is 0 Å². The van der Waals surface area contributed by atoms with Gasteiger partial charge in [-0.05, 0) is 42.0 Å². The largest absolute Gasteiger partial charge is 0.482 e. The topological polar surface area (TPSA) is 106 Å². The molecule has 0 unspecified atom stereocenters. The van der Waals surface area contributed by atoms with Gasteiger partial charge >= 0.3 is 5.97 Å². The Kier molecular flexibility index (Phi) is 8.45. The third kappa shape index (κ3) is 7.44. The second-order valence-corrected chi connectivity index (χ2v) is 6.34. The molecule has 8 nitrogen and oxygen atoms in total. The molecule has 0 bridgehead atoms. The number of esters is 1. The first-order valence-corrected chi connectivity index (χ1v) is 9.00. The quantitative estimate of drug-likeness (QED) is 0.285. The van der Waals surface area contributed by atoms with Crippen molar-refractivity contribution in [1.29, 1.82) is 0 Å². The fraction of sp³-hybridized carbons (Fsp3) is 0.158. The summed E-state index contributed by atoms with van der Waals surface area (Å²) in [6.07, 6.45) is 0.953. The van der Waals surface area contributed by atoms with Crippen LogP contribution < -0.4 is 15.5 Å². The third-order valence-corrected chi connectivity index (χ3v) is 4.23. The molecule has 29 heavy (non-hydrogen) atoms. The minimum absolute atomic E-state index is 0.192. The average Bonchev–Trinajstić information content (AvgIpc) is 2.70. The summed E-state index contributed by atoms with van der Waals surface area (Å²) >= 11 is 11.8. The van der Waals surface area contributed by atoms with Gasteiger partial charge in [0.1, 0.15) is 12.2 Å². The van der Waals surface area contributed by atoms with E-state index in [0.717, 1.165) is 0 Å². The number of benzene rings is 2. The lowest BCUT2D eigenvalue weighted by molar-refractivity contribution is -0.143. The summed E-state index contributed by atoms with van der Waals surface area (Å²) in [6, 6.07) is 11.4. The number of rotatable bonds is 8. The van der Waals surface area contributed by atoms with Crippen molar-refractivity contribution in [2.75, 3.05) is 19.0 Å². The summed E-state index contributed by atoms with van der Waals surface area (Å²) in [6.45, 7) is -0.192. The van der Waals surface area contributed by atoms with Crippen LogP contribution in [0.5, 0.6) is 5.75 Å². The predicted molar refractivity (Wildman–Crippen MR) is 109 cm³/mol. The normalized spacial score (nSPS) is 10.4. The van der Waals surface area contributed by atoms with E-state index in [-0.39, 0.29) is 11.6 Å². The lowest BCUT2D eigenvalue weighted by atomic mass is 10.2. The van der Waals surface area contributed by atoms with Crippen molar-refractivity contribution in [1.82, 2.24) is 5.43 Å². The van der Waals surface area contributed by atoms with Gasteiger partial charge in [0.05, 0.1) is 29.1 Å². The zero-order valence-corrected chi connectivity index (χ0v) is 16.8. The first-order valence-electron chi connectivity index (χ1n) is 8.24. The number of hydrogen-bond acceptors (Lipinski definition) is 6. The van der Waals surface area contributed by atoms with Crippen LogP contribution in [0.1, 0.15) is 12.0 Å². The summed E-state index contributed by atoms with van der Waals surface area (Å²) in [7, 11) is 1.27. The molecule has 2 rings (SSSR count). The summed E-state index contributed by atoms with van der Waals surface area (Å²) in [5, 5.41) is 6.78. The molecule has 0 heterocycles. The molecule has 0 aliphatic carbocycles. The van der Waals surface area contributed by atoms with Crippen molar-refractivity contribution in [3.8, 4) is 5.75 Å². The molecule has 0 aromatic heterocycles. The predicted octanol–water partition coefficient (Wildman–Crippen LogP) is 3.02. The Bertz CT molecular complexity index is 917. The average molecular weight is 438 g/mol. The van der Waals surface area contributed by atoms with E-state index in [1.54, 1.807) is 42.5 Å².